The first-order valence-electron chi connectivity index (χ1n) is 10.9. The smallest absolute Gasteiger partial charge is 0.244 e. The Morgan fingerprint density at radius 1 is 1.09 bits per heavy atom. The number of rotatable bonds is 11. The molecule has 0 saturated heterocycles. The van der Waals surface area contributed by atoms with Gasteiger partial charge in [0.05, 0.1) is 19.1 Å². The molecule has 0 fully saturated rings. The van der Waals surface area contributed by atoms with E-state index in [1.54, 1.807) is 55.5 Å². The highest BCUT2D eigenvalue weighted by Crippen LogP contribution is 2.29. The maximum atomic E-state index is 13.5. The number of methoxy groups -OCH3 is 1. The first-order chi connectivity index (χ1) is 16.0. The second-order valence-corrected chi connectivity index (χ2v) is 10.4. The predicted molar refractivity (Wildman–Crippen MR) is 135 cm³/mol. The number of nitrogens with one attached hydrogen (secondary N) is 1. The van der Waals surface area contributed by atoms with Gasteiger partial charge < -0.3 is 15.0 Å². The third-order valence-corrected chi connectivity index (χ3v) is 6.85. The van der Waals surface area contributed by atoms with E-state index in [-0.39, 0.29) is 24.2 Å². The van der Waals surface area contributed by atoms with E-state index < -0.39 is 28.5 Å². The van der Waals surface area contributed by atoms with Crippen molar-refractivity contribution in [2.75, 3.05) is 24.2 Å². The van der Waals surface area contributed by atoms with E-state index in [0.717, 1.165) is 22.5 Å². The molecule has 0 bridgehead atoms. The minimum atomic E-state index is -3.84. The van der Waals surface area contributed by atoms with Gasteiger partial charge in [-0.25, -0.2) is 8.42 Å². The lowest BCUT2D eigenvalue weighted by Crippen LogP contribution is -2.52. The van der Waals surface area contributed by atoms with Crippen LogP contribution in [0.5, 0.6) is 5.75 Å². The summed E-state index contributed by atoms with van der Waals surface area (Å²) in [4.78, 5) is 27.8. The van der Waals surface area contributed by atoms with Crippen molar-refractivity contribution in [3.8, 4) is 5.75 Å². The second-order valence-electron chi connectivity index (χ2n) is 8.08. The summed E-state index contributed by atoms with van der Waals surface area (Å²) in [6.07, 6.45) is 1.76. The normalized spacial score (nSPS) is 13.0. The molecule has 34 heavy (non-hydrogen) atoms. The topological polar surface area (TPSA) is 96.0 Å². The van der Waals surface area contributed by atoms with Crippen molar-refractivity contribution in [2.45, 2.75) is 45.8 Å². The number of halogens is 1. The van der Waals surface area contributed by atoms with Crippen molar-refractivity contribution < 1.29 is 22.7 Å². The molecule has 186 valence electrons. The summed E-state index contributed by atoms with van der Waals surface area (Å²) in [6, 6.07) is 12.6. The van der Waals surface area contributed by atoms with Crippen LogP contribution in [-0.4, -0.2) is 57.1 Å². The maximum absolute atomic E-state index is 13.5. The molecule has 1 N–H and O–H groups in total. The number of carbonyl (C=O) groups is 2. The van der Waals surface area contributed by atoms with Gasteiger partial charge in [-0.05, 0) is 50.1 Å². The Morgan fingerprint density at radius 3 is 2.26 bits per heavy atom. The van der Waals surface area contributed by atoms with Gasteiger partial charge in [-0.15, -0.1) is 0 Å². The van der Waals surface area contributed by atoms with Gasteiger partial charge in [-0.3, -0.25) is 13.9 Å². The van der Waals surface area contributed by atoms with E-state index in [1.807, 2.05) is 13.8 Å². The third kappa shape index (κ3) is 7.36. The molecule has 2 atom stereocenters. The molecule has 0 heterocycles. The summed E-state index contributed by atoms with van der Waals surface area (Å²) in [7, 11) is -2.41. The zero-order chi connectivity index (χ0) is 25.5. The highest BCUT2D eigenvalue weighted by Gasteiger charge is 2.31. The number of anilines is 1. The molecule has 0 aliphatic carbocycles. The molecule has 2 aromatic carbocycles. The number of hydrogen-bond acceptors (Lipinski definition) is 5. The minimum Gasteiger partial charge on any atom is -0.495 e. The molecule has 2 rings (SSSR count). The fourth-order valence-corrected chi connectivity index (χ4v) is 4.24. The number of carbonyl (C=O) groups excluding carboxylic acids is 2. The second kappa shape index (κ2) is 12.1. The summed E-state index contributed by atoms with van der Waals surface area (Å²) in [5, 5.41) is 3.43. The standard InChI is InChI=1S/C24H32ClN3O5S/c1-6-17(2)26-24(30)18(3)27(15-19-11-13-20(25)14-12-19)23(29)16-28(34(5,31)32)21-9-7-8-10-22(21)33-4/h7-14,17-18H,6,15-16H2,1-5H3,(H,26,30). The fourth-order valence-electron chi connectivity index (χ4n) is 3.27. The van der Waals surface area contributed by atoms with Gasteiger partial charge in [0.15, 0.2) is 0 Å². The molecule has 0 aliphatic rings. The SMILES string of the molecule is CCC(C)NC(=O)C(C)N(Cc1ccc(Cl)cc1)C(=O)CN(c1ccccc1OC)S(C)(=O)=O. The number of hydrogen-bond donors (Lipinski definition) is 1. The van der Waals surface area contributed by atoms with Crippen LogP contribution in [0.25, 0.3) is 0 Å². The number of benzene rings is 2. The van der Waals surface area contributed by atoms with Crippen molar-refractivity contribution in [3.05, 3.63) is 59.1 Å². The van der Waals surface area contributed by atoms with Gasteiger partial charge in [0, 0.05) is 17.6 Å². The summed E-state index contributed by atoms with van der Waals surface area (Å²) < 4.78 is 31.6. The Balaban J connectivity index is 2.41. The van der Waals surface area contributed by atoms with Crippen LogP contribution >= 0.6 is 11.6 Å². The Kier molecular flexibility index (Phi) is 9.76. The molecule has 2 unspecified atom stereocenters. The van der Waals surface area contributed by atoms with Crippen LogP contribution in [0.4, 0.5) is 5.69 Å². The van der Waals surface area contributed by atoms with Crippen molar-refractivity contribution in [1.82, 2.24) is 10.2 Å². The van der Waals surface area contributed by atoms with Gasteiger partial charge in [0.2, 0.25) is 21.8 Å². The van der Waals surface area contributed by atoms with Gasteiger partial charge in [0.1, 0.15) is 18.3 Å². The molecule has 0 aromatic heterocycles. The average molecular weight is 510 g/mol. The zero-order valence-corrected chi connectivity index (χ0v) is 21.7. The first kappa shape index (κ1) is 27.5. The van der Waals surface area contributed by atoms with Crippen LogP contribution in [0.1, 0.15) is 32.8 Å². The molecule has 0 saturated carbocycles. The van der Waals surface area contributed by atoms with Crippen LogP contribution in [0.3, 0.4) is 0 Å². The van der Waals surface area contributed by atoms with Crippen molar-refractivity contribution in [2.24, 2.45) is 0 Å². The number of ether oxygens (including phenoxy) is 1. The molecular formula is C24H32ClN3O5S. The zero-order valence-electron chi connectivity index (χ0n) is 20.1. The van der Waals surface area contributed by atoms with Crippen molar-refractivity contribution >= 4 is 39.1 Å². The molecule has 0 spiro atoms. The van der Waals surface area contributed by atoms with Gasteiger partial charge in [-0.1, -0.05) is 42.8 Å². The summed E-state index contributed by atoms with van der Waals surface area (Å²) in [5.74, 6) is -0.537. The number of amides is 2. The minimum absolute atomic E-state index is 0.0662. The summed E-state index contributed by atoms with van der Waals surface area (Å²) >= 11 is 5.98. The van der Waals surface area contributed by atoms with E-state index in [2.05, 4.69) is 5.32 Å². The average Bonchev–Trinajstić information content (AvgIpc) is 2.80. The van der Waals surface area contributed by atoms with Crippen molar-refractivity contribution in [1.29, 1.82) is 0 Å². The molecule has 10 heteroatoms. The van der Waals surface area contributed by atoms with Crippen LogP contribution in [0, 0.1) is 0 Å². The van der Waals surface area contributed by atoms with Crippen LogP contribution in [0.2, 0.25) is 5.02 Å². The fraction of sp³-hybridized carbons (Fsp3) is 0.417. The molecule has 2 amide bonds. The quantitative estimate of drug-likeness (QED) is 0.500. The van der Waals surface area contributed by atoms with Gasteiger partial charge >= 0.3 is 0 Å². The molecule has 2 aromatic rings. The Labute approximate surface area is 206 Å². The Hall–Kier alpha value is -2.78. The lowest BCUT2D eigenvalue weighted by molar-refractivity contribution is -0.139. The first-order valence-corrected chi connectivity index (χ1v) is 13.2. The number of para-hydroxylation sites is 2. The highest BCUT2D eigenvalue weighted by molar-refractivity contribution is 7.92. The van der Waals surface area contributed by atoms with E-state index in [9.17, 15) is 18.0 Å². The lowest BCUT2D eigenvalue weighted by Gasteiger charge is -2.32. The highest BCUT2D eigenvalue weighted by atomic mass is 35.5. The lowest BCUT2D eigenvalue weighted by atomic mass is 10.1. The van der Waals surface area contributed by atoms with E-state index in [0.29, 0.717) is 10.8 Å². The number of nitrogens with zero attached hydrogens (tertiary/aromatic N) is 2. The maximum Gasteiger partial charge on any atom is 0.244 e. The number of sulfonamides is 1. The molecule has 0 aliphatic heterocycles. The summed E-state index contributed by atoms with van der Waals surface area (Å²) in [5.41, 5.74) is 0.994. The van der Waals surface area contributed by atoms with Crippen molar-refractivity contribution in [3.63, 3.8) is 0 Å². The van der Waals surface area contributed by atoms with Crippen LogP contribution in [-0.2, 0) is 26.2 Å². The summed E-state index contributed by atoms with van der Waals surface area (Å²) in [6.45, 7) is 5.06. The van der Waals surface area contributed by atoms with E-state index >= 15 is 0 Å². The largest absolute Gasteiger partial charge is 0.495 e. The van der Waals surface area contributed by atoms with E-state index in [1.165, 1.54) is 12.0 Å². The molecular weight excluding hydrogens is 478 g/mol. The third-order valence-electron chi connectivity index (χ3n) is 5.47. The van der Waals surface area contributed by atoms with Crippen LogP contribution < -0.4 is 14.4 Å². The van der Waals surface area contributed by atoms with Crippen LogP contribution in [0.15, 0.2) is 48.5 Å². The Morgan fingerprint density at radius 2 is 1.71 bits per heavy atom. The monoisotopic (exact) mass is 509 g/mol. The van der Waals surface area contributed by atoms with E-state index in [4.69, 9.17) is 16.3 Å². The van der Waals surface area contributed by atoms with Gasteiger partial charge in [0.25, 0.3) is 0 Å². The van der Waals surface area contributed by atoms with Gasteiger partial charge in [-0.2, -0.15) is 0 Å². The predicted octanol–water partition coefficient (Wildman–Crippen LogP) is 3.45. The molecule has 0 radical (unpaired) electrons. The Bertz CT molecular complexity index is 1090. The molecule has 8 nitrogen and oxygen atoms in total.